The van der Waals surface area contributed by atoms with Crippen molar-refractivity contribution in [3.8, 4) is 0 Å². The lowest BCUT2D eigenvalue weighted by molar-refractivity contribution is -0.144. The molecule has 128 valence electrons. The van der Waals surface area contributed by atoms with Gasteiger partial charge in [-0.3, -0.25) is 4.79 Å². The van der Waals surface area contributed by atoms with Crippen molar-refractivity contribution >= 4 is 22.8 Å². The number of fused-ring (bicyclic) bond motifs is 1. The molecule has 2 aromatic rings. The zero-order valence-electron chi connectivity index (χ0n) is 13.8. The van der Waals surface area contributed by atoms with Crippen LogP contribution in [0.15, 0.2) is 28.7 Å². The molecule has 2 heterocycles. The van der Waals surface area contributed by atoms with Crippen molar-refractivity contribution in [3.63, 3.8) is 0 Å². The lowest BCUT2D eigenvalue weighted by atomic mass is 9.92. The van der Waals surface area contributed by atoms with Gasteiger partial charge >= 0.3 is 5.97 Å². The highest BCUT2D eigenvalue weighted by molar-refractivity contribution is 6.00. The van der Waals surface area contributed by atoms with E-state index in [0.717, 1.165) is 11.8 Å². The van der Waals surface area contributed by atoms with Gasteiger partial charge in [0.2, 0.25) is 0 Å². The highest BCUT2D eigenvalue weighted by Crippen LogP contribution is 2.30. The summed E-state index contributed by atoms with van der Waals surface area (Å²) in [6.07, 6.45) is 1.25. The van der Waals surface area contributed by atoms with E-state index in [1.807, 2.05) is 25.1 Å². The summed E-state index contributed by atoms with van der Waals surface area (Å²) >= 11 is 0. The maximum absolute atomic E-state index is 13.0. The number of carboxylic acids is 1. The van der Waals surface area contributed by atoms with E-state index in [9.17, 15) is 14.7 Å². The van der Waals surface area contributed by atoms with Gasteiger partial charge in [0.25, 0.3) is 5.91 Å². The number of methoxy groups -OCH3 is 1. The van der Waals surface area contributed by atoms with Crippen LogP contribution >= 0.6 is 0 Å². The van der Waals surface area contributed by atoms with E-state index in [1.165, 1.54) is 4.90 Å². The average molecular weight is 331 g/mol. The number of aliphatic carboxylic acids is 1. The number of ether oxygens (including phenoxy) is 1. The second kappa shape index (κ2) is 6.65. The second-order valence-corrected chi connectivity index (χ2v) is 6.32. The van der Waals surface area contributed by atoms with Crippen molar-refractivity contribution in [2.45, 2.75) is 32.4 Å². The van der Waals surface area contributed by atoms with Gasteiger partial charge in [0.15, 0.2) is 5.76 Å². The smallest absolute Gasteiger partial charge is 0.326 e. The van der Waals surface area contributed by atoms with Gasteiger partial charge in [0.1, 0.15) is 11.6 Å². The number of rotatable bonds is 4. The summed E-state index contributed by atoms with van der Waals surface area (Å²) in [6, 6.07) is 6.55. The van der Waals surface area contributed by atoms with Crippen molar-refractivity contribution in [3.05, 3.63) is 35.6 Å². The fourth-order valence-electron chi connectivity index (χ4n) is 3.31. The van der Waals surface area contributed by atoms with Crippen molar-refractivity contribution in [2.75, 3.05) is 13.7 Å². The number of piperidine rings is 1. The Morgan fingerprint density at radius 2 is 2.12 bits per heavy atom. The molecule has 2 unspecified atom stereocenters. The number of likely N-dealkylation sites (tertiary alicyclic amines) is 1. The van der Waals surface area contributed by atoms with Crippen LogP contribution in [0.4, 0.5) is 0 Å². The molecular weight excluding hydrogens is 310 g/mol. The minimum Gasteiger partial charge on any atom is -0.480 e. The van der Waals surface area contributed by atoms with Crippen LogP contribution in [0.5, 0.6) is 0 Å². The van der Waals surface area contributed by atoms with Gasteiger partial charge in [-0.25, -0.2) is 4.79 Å². The number of hydrogen-bond donors (Lipinski definition) is 1. The van der Waals surface area contributed by atoms with Gasteiger partial charge in [0, 0.05) is 24.6 Å². The van der Waals surface area contributed by atoms with Crippen molar-refractivity contribution in [1.29, 1.82) is 0 Å². The minimum absolute atomic E-state index is 0.179. The number of carbonyl (C=O) groups excluding carboxylic acids is 1. The number of carboxylic acid groups (broad SMARTS) is 1. The highest BCUT2D eigenvalue weighted by atomic mass is 16.5. The molecule has 24 heavy (non-hydrogen) atoms. The first-order valence-electron chi connectivity index (χ1n) is 8.06. The highest BCUT2D eigenvalue weighted by Gasteiger charge is 2.37. The molecule has 0 radical (unpaired) electrons. The topological polar surface area (TPSA) is 80.0 Å². The Morgan fingerprint density at radius 1 is 1.38 bits per heavy atom. The number of nitrogens with zero attached hydrogens (tertiary/aromatic N) is 1. The van der Waals surface area contributed by atoms with Crippen molar-refractivity contribution < 1.29 is 23.8 Å². The van der Waals surface area contributed by atoms with Crippen LogP contribution in [0.2, 0.25) is 0 Å². The first-order valence-corrected chi connectivity index (χ1v) is 8.06. The molecule has 1 fully saturated rings. The minimum atomic E-state index is -0.973. The molecule has 0 aliphatic carbocycles. The van der Waals surface area contributed by atoms with Gasteiger partial charge in [-0.15, -0.1) is 0 Å². The molecule has 0 spiro atoms. The molecule has 0 saturated carbocycles. The fourth-order valence-corrected chi connectivity index (χ4v) is 3.31. The number of carbonyl (C=O) groups is 2. The molecular formula is C18H21NO5. The number of amides is 1. The summed E-state index contributed by atoms with van der Waals surface area (Å²) in [6.45, 7) is 2.66. The quantitative estimate of drug-likeness (QED) is 0.932. The van der Waals surface area contributed by atoms with Crippen molar-refractivity contribution in [2.24, 2.45) is 5.92 Å². The van der Waals surface area contributed by atoms with E-state index < -0.39 is 12.0 Å². The first-order chi connectivity index (χ1) is 11.5. The van der Waals surface area contributed by atoms with Crippen LogP contribution in [-0.2, 0) is 16.1 Å². The molecule has 1 aliphatic heterocycles. The Morgan fingerprint density at radius 3 is 2.83 bits per heavy atom. The third-order valence-electron chi connectivity index (χ3n) is 4.59. The Labute approximate surface area is 140 Å². The zero-order chi connectivity index (χ0) is 17.3. The van der Waals surface area contributed by atoms with E-state index in [1.54, 1.807) is 13.2 Å². The van der Waals surface area contributed by atoms with Crippen LogP contribution in [0.1, 0.15) is 35.9 Å². The van der Waals surface area contributed by atoms with E-state index in [0.29, 0.717) is 24.1 Å². The summed E-state index contributed by atoms with van der Waals surface area (Å²) in [7, 11) is 1.55. The monoisotopic (exact) mass is 331 g/mol. The van der Waals surface area contributed by atoms with E-state index in [2.05, 4.69) is 0 Å². The van der Waals surface area contributed by atoms with Crippen LogP contribution in [0.25, 0.3) is 11.0 Å². The SMILES string of the molecule is COCc1c(C(=O)N2CCC(C)CC2C(=O)O)oc2ccccc12. The lowest BCUT2D eigenvalue weighted by Crippen LogP contribution is -2.49. The Balaban J connectivity index is 2.01. The number of para-hydroxylation sites is 1. The maximum atomic E-state index is 13.0. The molecule has 6 heteroatoms. The summed E-state index contributed by atoms with van der Waals surface area (Å²) in [4.78, 5) is 26.0. The number of benzene rings is 1. The number of furan rings is 1. The Hall–Kier alpha value is -2.34. The van der Waals surface area contributed by atoms with E-state index in [-0.39, 0.29) is 24.2 Å². The lowest BCUT2D eigenvalue weighted by Gasteiger charge is -2.35. The molecule has 0 bridgehead atoms. The van der Waals surface area contributed by atoms with Crippen molar-refractivity contribution in [1.82, 2.24) is 4.90 Å². The maximum Gasteiger partial charge on any atom is 0.326 e. The van der Waals surface area contributed by atoms with Gasteiger partial charge in [-0.1, -0.05) is 25.1 Å². The molecule has 1 saturated heterocycles. The van der Waals surface area contributed by atoms with Crippen LogP contribution < -0.4 is 0 Å². The van der Waals surface area contributed by atoms with Gasteiger partial charge in [0.05, 0.1) is 6.61 Å². The largest absolute Gasteiger partial charge is 0.480 e. The number of hydrogen-bond acceptors (Lipinski definition) is 4. The summed E-state index contributed by atoms with van der Waals surface area (Å²) < 4.78 is 11.0. The molecule has 1 aromatic heterocycles. The molecule has 6 nitrogen and oxygen atoms in total. The third kappa shape index (κ3) is 2.89. The molecule has 3 rings (SSSR count). The van der Waals surface area contributed by atoms with E-state index in [4.69, 9.17) is 9.15 Å². The van der Waals surface area contributed by atoms with Crippen LogP contribution in [0, 0.1) is 5.92 Å². The second-order valence-electron chi connectivity index (χ2n) is 6.32. The van der Waals surface area contributed by atoms with Gasteiger partial charge < -0.3 is 19.2 Å². The van der Waals surface area contributed by atoms with Crippen LogP contribution in [-0.4, -0.2) is 41.6 Å². The predicted octanol–water partition coefficient (Wildman–Crippen LogP) is 2.90. The Kier molecular flexibility index (Phi) is 4.57. The van der Waals surface area contributed by atoms with Gasteiger partial charge in [-0.2, -0.15) is 0 Å². The third-order valence-corrected chi connectivity index (χ3v) is 4.59. The summed E-state index contributed by atoms with van der Waals surface area (Å²) in [5.41, 5.74) is 1.27. The van der Waals surface area contributed by atoms with Gasteiger partial charge in [-0.05, 0) is 24.8 Å². The average Bonchev–Trinajstić information content (AvgIpc) is 2.93. The molecule has 1 aromatic carbocycles. The fraction of sp³-hybridized carbons (Fsp3) is 0.444. The summed E-state index contributed by atoms with van der Waals surface area (Å²) in [5.74, 6) is -0.889. The molecule has 2 atom stereocenters. The first kappa shape index (κ1) is 16.5. The van der Waals surface area contributed by atoms with Crippen LogP contribution in [0.3, 0.4) is 0 Å². The predicted molar refractivity (Wildman–Crippen MR) is 87.8 cm³/mol. The summed E-state index contributed by atoms with van der Waals surface area (Å²) in [5, 5.41) is 10.3. The molecule has 1 N–H and O–H groups in total. The normalized spacial score (nSPS) is 21.2. The molecule has 1 amide bonds. The standard InChI is InChI=1S/C18H21NO5/c1-11-7-8-19(14(9-11)18(21)22)17(20)16-13(10-23-2)12-5-3-4-6-15(12)24-16/h3-6,11,14H,7-10H2,1-2H3,(H,21,22). The Bertz CT molecular complexity index is 766. The molecule has 1 aliphatic rings. The zero-order valence-corrected chi connectivity index (χ0v) is 13.8. The van der Waals surface area contributed by atoms with E-state index >= 15 is 0 Å².